The molecule has 0 aliphatic heterocycles. The Morgan fingerprint density at radius 2 is 2.00 bits per heavy atom. The summed E-state index contributed by atoms with van der Waals surface area (Å²) in [6, 6.07) is 6.40. The van der Waals surface area contributed by atoms with Gasteiger partial charge in [-0.3, -0.25) is 9.48 Å². The normalized spacial score (nSPS) is 11.3. The number of amides is 1. The highest BCUT2D eigenvalue weighted by Gasteiger charge is 2.08. The van der Waals surface area contributed by atoms with E-state index in [0.717, 1.165) is 0 Å². The predicted molar refractivity (Wildman–Crippen MR) is 70.1 cm³/mol. The predicted octanol–water partition coefficient (Wildman–Crippen LogP) is 0.767. The van der Waals surface area contributed by atoms with Crippen LogP contribution < -0.4 is 11.1 Å². The van der Waals surface area contributed by atoms with Gasteiger partial charge in [-0.05, 0) is 12.1 Å². The first-order valence-electron chi connectivity index (χ1n) is 5.48. The average Bonchev–Trinajstić information content (AvgIpc) is 2.83. The highest BCUT2D eigenvalue weighted by molar-refractivity contribution is 6.05. The van der Waals surface area contributed by atoms with Crippen LogP contribution in [0.5, 0.6) is 0 Å². The number of benzene rings is 1. The van der Waals surface area contributed by atoms with E-state index in [9.17, 15) is 4.79 Å². The number of carbonyl (C=O) groups is 1. The van der Waals surface area contributed by atoms with Gasteiger partial charge >= 0.3 is 0 Å². The Balaban J connectivity index is 2.11. The van der Waals surface area contributed by atoms with E-state index in [0.29, 0.717) is 16.8 Å². The van der Waals surface area contributed by atoms with Crippen LogP contribution in [0.1, 0.15) is 15.9 Å². The Morgan fingerprint density at radius 3 is 2.53 bits per heavy atom. The second-order valence-electron chi connectivity index (χ2n) is 3.92. The summed E-state index contributed by atoms with van der Waals surface area (Å²) in [5, 5.41) is 18.1. The Bertz CT molecular complexity index is 615. The lowest BCUT2D eigenvalue weighted by Gasteiger charge is -2.03. The summed E-state index contributed by atoms with van der Waals surface area (Å²) < 4.78 is 1.59. The summed E-state index contributed by atoms with van der Waals surface area (Å²) in [7, 11) is 1.77. The van der Waals surface area contributed by atoms with Crippen LogP contribution >= 0.6 is 0 Å². The number of nitrogens with zero attached hydrogens (tertiary/aromatic N) is 3. The van der Waals surface area contributed by atoms with Crippen molar-refractivity contribution in [3.05, 3.63) is 47.8 Å². The number of hydrogen-bond donors (Lipinski definition) is 3. The van der Waals surface area contributed by atoms with Crippen molar-refractivity contribution in [3.8, 4) is 0 Å². The van der Waals surface area contributed by atoms with Crippen molar-refractivity contribution >= 4 is 17.4 Å². The minimum atomic E-state index is -0.251. The first-order chi connectivity index (χ1) is 9.10. The van der Waals surface area contributed by atoms with E-state index in [1.165, 1.54) is 0 Å². The fourth-order valence-corrected chi connectivity index (χ4v) is 1.54. The Hall–Kier alpha value is -2.83. The molecule has 0 bridgehead atoms. The second kappa shape index (κ2) is 5.21. The van der Waals surface area contributed by atoms with Gasteiger partial charge in [-0.1, -0.05) is 17.3 Å². The maximum absolute atomic E-state index is 11.9. The van der Waals surface area contributed by atoms with Gasteiger partial charge in [0.25, 0.3) is 5.91 Å². The van der Waals surface area contributed by atoms with Gasteiger partial charge < -0.3 is 16.3 Å². The maximum atomic E-state index is 11.9. The van der Waals surface area contributed by atoms with Crippen LogP contribution in [0.2, 0.25) is 0 Å². The Morgan fingerprint density at radius 1 is 1.37 bits per heavy atom. The van der Waals surface area contributed by atoms with Crippen molar-refractivity contribution in [2.75, 3.05) is 5.32 Å². The second-order valence-corrected chi connectivity index (χ2v) is 3.92. The van der Waals surface area contributed by atoms with Crippen LogP contribution in [0, 0.1) is 0 Å². The largest absolute Gasteiger partial charge is 0.409 e. The smallest absolute Gasteiger partial charge is 0.255 e. The highest BCUT2D eigenvalue weighted by Crippen LogP contribution is 2.09. The summed E-state index contributed by atoms with van der Waals surface area (Å²) in [5.41, 5.74) is 7.07. The van der Waals surface area contributed by atoms with Gasteiger partial charge in [0.15, 0.2) is 5.84 Å². The third-order valence-electron chi connectivity index (χ3n) is 2.51. The third kappa shape index (κ3) is 2.89. The lowest BCUT2D eigenvalue weighted by molar-refractivity contribution is 0.102. The van der Waals surface area contributed by atoms with E-state index in [1.54, 1.807) is 48.4 Å². The molecule has 4 N–H and O–H groups in total. The summed E-state index contributed by atoms with van der Waals surface area (Å²) >= 11 is 0. The molecule has 0 fully saturated rings. The third-order valence-corrected chi connectivity index (χ3v) is 2.51. The molecule has 1 aromatic carbocycles. The first kappa shape index (κ1) is 12.6. The molecule has 0 spiro atoms. The average molecular weight is 259 g/mol. The molecular formula is C12H13N5O2. The van der Waals surface area contributed by atoms with Crippen molar-refractivity contribution in [1.82, 2.24) is 9.78 Å². The molecule has 7 heteroatoms. The van der Waals surface area contributed by atoms with Crippen molar-refractivity contribution in [2.24, 2.45) is 17.9 Å². The molecule has 1 amide bonds. The van der Waals surface area contributed by atoms with Crippen LogP contribution in [0.3, 0.4) is 0 Å². The molecule has 0 aliphatic carbocycles. The van der Waals surface area contributed by atoms with E-state index in [4.69, 9.17) is 10.9 Å². The van der Waals surface area contributed by atoms with E-state index in [1.807, 2.05) is 0 Å². The van der Waals surface area contributed by atoms with Gasteiger partial charge in [-0.15, -0.1) is 0 Å². The van der Waals surface area contributed by atoms with Gasteiger partial charge in [0.2, 0.25) is 0 Å². The van der Waals surface area contributed by atoms with Gasteiger partial charge in [0.1, 0.15) is 0 Å². The number of hydrogen-bond acceptors (Lipinski definition) is 4. The fraction of sp³-hybridized carbons (Fsp3) is 0.0833. The first-order valence-corrected chi connectivity index (χ1v) is 5.48. The van der Waals surface area contributed by atoms with Gasteiger partial charge in [-0.2, -0.15) is 5.10 Å². The zero-order chi connectivity index (χ0) is 13.8. The molecule has 19 heavy (non-hydrogen) atoms. The SMILES string of the molecule is Cn1cc(NC(=O)c2ccc(/C(N)=N/O)cc2)cn1. The molecule has 0 saturated heterocycles. The van der Waals surface area contributed by atoms with Crippen molar-refractivity contribution < 1.29 is 10.0 Å². The highest BCUT2D eigenvalue weighted by atomic mass is 16.4. The number of nitrogens with one attached hydrogen (secondary N) is 1. The number of anilines is 1. The zero-order valence-electron chi connectivity index (χ0n) is 10.2. The summed E-state index contributed by atoms with van der Waals surface area (Å²) in [6.45, 7) is 0. The molecule has 7 nitrogen and oxygen atoms in total. The lowest BCUT2D eigenvalue weighted by atomic mass is 10.1. The lowest BCUT2D eigenvalue weighted by Crippen LogP contribution is -2.14. The molecule has 0 aliphatic rings. The monoisotopic (exact) mass is 259 g/mol. The van der Waals surface area contributed by atoms with Crippen LogP contribution in [-0.2, 0) is 7.05 Å². The zero-order valence-corrected chi connectivity index (χ0v) is 10.2. The molecular weight excluding hydrogens is 246 g/mol. The molecule has 0 atom stereocenters. The number of oxime groups is 1. The van der Waals surface area contributed by atoms with E-state index < -0.39 is 0 Å². The topological polar surface area (TPSA) is 106 Å². The van der Waals surface area contributed by atoms with E-state index in [-0.39, 0.29) is 11.7 Å². The quantitative estimate of drug-likeness (QED) is 0.327. The minimum Gasteiger partial charge on any atom is -0.409 e. The van der Waals surface area contributed by atoms with Crippen molar-refractivity contribution in [3.63, 3.8) is 0 Å². The number of aromatic nitrogens is 2. The molecule has 1 heterocycles. The summed E-state index contributed by atoms with van der Waals surface area (Å²) in [5.74, 6) is -0.252. The maximum Gasteiger partial charge on any atom is 0.255 e. The van der Waals surface area contributed by atoms with Crippen LogP contribution in [0.25, 0.3) is 0 Å². The number of amidine groups is 1. The molecule has 0 radical (unpaired) electrons. The molecule has 0 unspecified atom stereocenters. The molecule has 2 aromatic rings. The molecule has 1 aromatic heterocycles. The number of aryl methyl sites for hydroxylation is 1. The minimum absolute atomic E-state index is 0.000725. The van der Waals surface area contributed by atoms with Gasteiger partial charge in [0, 0.05) is 24.4 Å². The van der Waals surface area contributed by atoms with Crippen molar-refractivity contribution in [2.45, 2.75) is 0 Å². The van der Waals surface area contributed by atoms with Gasteiger partial charge in [-0.25, -0.2) is 0 Å². The Kier molecular flexibility index (Phi) is 3.46. The fourth-order valence-electron chi connectivity index (χ4n) is 1.54. The number of rotatable bonds is 3. The van der Waals surface area contributed by atoms with Crippen molar-refractivity contribution in [1.29, 1.82) is 0 Å². The summed E-state index contributed by atoms with van der Waals surface area (Å²) in [6.07, 6.45) is 3.26. The van der Waals surface area contributed by atoms with Crippen LogP contribution in [-0.4, -0.2) is 26.7 Å². The van der Waals surface area contributed by atoms with Gasteiger partial charge in [0.05, 0.1) is 11.9 Å². The molecule has 98 valence electrons. The molecule has 2 rings (SSSR count). The van der Waals surface area contributed by atoms with Crippen LogP contribution in [0.4, 0.5) is 5.69 Å². The number of carbonyl (C=O) groups excluding carboxylic acids is 1. The molecule has 0 saturated carbocycles. The van der Waals surface area contributed by atoms with E-state index in [2.05, 4.69) is 15.6 Å². The summed E-state index contributed by atoms with van der Waals surface area (Å²) in [4.78, 5) is 11.9. The van der Waals surface area contributed by atoms with E-state index >= 15 is 0 Å². The van der Waals surface area contributed by atoms with Crippen LogP contribution in [0.15, 0.2) is 41.8 Å². The number of nitrogens with two attached hydrogens (primary N) is 1. The Labute approximate surface area is 109 Å². The standard InChI is InChI=1S/C12H13N5O2/c1-17-7-10(6-14-17)15-12(18)9-4-2-8(3-5-9)11(13)16-19/h2-7,19H,1H3,(H2,13,16)(H,15,18).